The first kappa shape index (κ1) is 43.0. The second-order valence-corrected chi connectivity index (χ2v) is 15.5. The number of rotatable bonds is 10. The third-order valence-electron chi connectivity index (χ3n) is 9.71. The van der Waals surface area contributed by atoms with Gasteiger partial charge in [0.15, 0.2) is 23.1 Å². The lowest BCUT2D eigenvalue weighted by molar-refractivity contribution is -0.118. The van der Waals surface area contributed by atoms with Gasteiger partial charge in [-0.2, -0.15) is 0 Å². The number of aromatic nitrogens is 4. The summed E-state index contributed by atoms with van der Waals surface area (Å²) in [5.74, 6) is 1.11. The third-order valence-corrected chi connectivity index (χ3v) is 10.00. The summed E-state index contributed by atoms with van der Waals surface area (Å²) in [5.41, 5.74) is 3.84. The number of halogens is 3. The minimum Gasteiger partial charge on any atom is -0.488 e. The zero-order valence-electron chi connectivity index (χ0n) is 33.5. The van der Waals surface area contributed by atoms with E-state index in [1.807, 2.05) is 52.0 Å². The Morgan fingerprint density at radius 2 is 1.22 bits per heavy atom. The van der Waals surface area contributed by atoms with E-state index in [0.717, 1.165) is 34.6 Å². The van der Waals surface area contributed by atoms with E-state index in [-0.39, 0.29) is 47.9 Å². The molecule has 0 spiro atoms. The fourth-order valence-corrected chi connectivity index (χ4v) is 7.03. The van der Waals surface area contributed by atoms with Crippen LogP contribution in [0.4, 0.5) is 8.78 Å². The number of benzene rings is 2. The smallest absolute Gasteiger partial charge is 0.223 e. The highest BCUT2D eigenvalue weighted by molar-refractivity contribution is 6.34. The molecule has 10 nitrogen and oxygen atoms in total. The zero-order valence-corrected chi connectivity index (χ0v) is 34.2. The number of aliphatic hydroxyl groups is 1. The number of ketones is 2. The van der Waals surface area contributed by atoms with E-state index < -0.39 is 11.6 Å². The molecule has 2 aliphatic rings. The van der Waals surface area contributed by atoms with Crippen molar-refractivity contribution in [3.8, 4) is 39.9 Å². The highest BCUT2D eigenvalue weighted by Gasteiger charge is 2.24. The number of nitrogens with zero attached hydrogens (tertiary/aromatic N) is 4. The first-order valence-corrected chi connectivity index (χ1v) is 20.1. The topological polar surface area (TPSA) is 134 Å². The van der Waals surface area contributed by atoms with Crippen LogP contribution in [-0.4, -0.2) is 62.0 Å². The maximum Gasteiger partial charge on any atom is 0.223 e. The Hall–Kier alpha value is -5.59. The standard InChI is InChI=1S/C23H23FN2O3.C17H14ClFN2O.C6H10O2/c1-14(2)29-22-8-6-16(11-19(22)24)20-12-21-18(4-3-9-25-21)23(26-20)28-13-15-5-7-17(27)10-15;1-10(2)22-16-6-5-11(8-13(16)19)14-9-15-12(17(18)21-14)4-3-7-20-15;7-4-5-1-2-6(8)3-5/h3-4,6,8-9,11-12,14-15H,5,7,10,13H2,1-2H3;3-10H,1-2H3;5,7H,1-4H2/t15-;;5-/m0.0/s1. The molecule has 0 unspecified atom stereocenters. The predicted octanol–water partition coefficient (Wildman–Crippen LogP) is 10.2. The molecule has 2 aromatic carbocycles. The van der Waals surface area contributed by atoms with Crippen LogP contribution < -0.4 is 14.2 Å². The Balaban J connectivity index is 0.000000171. The highest BCUT2D eigenvalue weighted by Crippen LogP contribution is 2.33. The van der Waals surface area contributed by atoms with Crippen LogP contribution in [0.2, 0.25) is 5.15 Å². The predicted molar refractivity (Wildman–Crippen MR) is 224 cm³/mol. The molecule has 308 valence electrons. The summed E-state index contributed by atoms with van der Waals surface area (Å²) in [5, 5.41) is 10.4. The van der Waals surface area contributed by atoms with Crippen LogP contribution in [0, 0.1) is 23.5 Å². The van der Waals surface area contributed by atoms with Crippen molar-refractivity contribution < 1.29 is 37.7 Å². The van der Waals surface area contributed by atoms with Crippen LogP contribution in [0.25, 0.3) is 44.3 Å². The lowest BCUT2D eigenvalue weighted by Crippen LogP contribution is -2.10. The van der Waals surface area contributed by atoms with Crippen molar-refractivity contribution >= 4 is 45.0 Å². The van der Waals surface area contributed by atoms with Crippen molar-refractivity contribution in [1.82, 2.24) is 19.9 Å². The number of Topliss-reactive ketones (excluding diaryl/α,β-unsaturated/α-hetero) is 2. The molecule has 2 fully saturated rings. The van der Waals surface area contributed by atoms with E-state index in [1.165, 1.54) is 12.1 Å². The van der Waals surface area contributed by atoms with Crippen LogP contribution in [0.15, 0.2) is 85.2 Å². The quantitative estimate of drug-likeness (QED) is 0.133. The Kier molecular flexibility index (Phi) is 14.5. The number of pyridine rings is 4. The molecule has 0 aliphatic heterocycles. The van der Waals surface area contributed by atoms with E-state index in [0.29, 0.717) is 71.6 Å². The summed E-state index contributed by atoms with van der Waals surface area (Å²) in [6.07, 6.45) is 7.40. The summed E-state index contributed by atoms with van der Waals surface area (Å²) >= 11 is 6.18. The van der Waals surface area contributed by atoms with Crippen molar-refractivity contribution in [3.05, 3.63) is 102 Å². The van der Waals surface area contributed by atoms with Crippen LogP contribution >= 0.6 is 11.6 Å². The van der Waals surface area contributed by atoms with Gasteiger partial charge in [-0.15, -0.1) is 0 Å². The molecule has 2 saturated carbocycles. The van der Waals surface area contributed by atoms with Crippen LogP contribution in [0.1, 0.15) is 66.2 Å². The summed E-state index contributed by atoms with van der Waals surface area (Å²) in [6, 6.07) is 20.5. The third kappa shape index (κ3) is 11.5. The number of fused-ring (bicyclic) bond motifs is 2. The summed E-state index contributed by atoms with van der Waals surface area (Å²) < 4.78 is 45.4. The Morgan fingerprint density at radius 3 is 1.69 bits per heavy atom. The number of hydrogen-bond donors (Lipinski definition) is 1. The van der Waals surface area contributed by atoms with Gasteiger partial charge in [-0.05, 0) is 119 Å². The van der Waals surface area contributed by atoms with Gasteiger partial charge in [0.2, 0.25) is 5.88 Å². The summed E-state index contributed by atoms with van der Waals surface area (Å²) in [7, 11) is 0. The number of hydrogen-bond acceptors (Lipinski definition) is 10. The molecular formula is C46H47ClF2N4O6. The first-order chi connectivity index (χ1) is 28.4. The normalized spacial score (nSPS) is 16.2. The molecule has 13 heteroatoms. The number of ether oxygens (including phenoxy) is 3. The van der Waals surface area contributed by atoms with Gasteiger partial charge in [0.1, 0.15) is 16.7 Å². The molecule has 0 saturated heterocycles. The van der Waals surface area contributed by atoms with Crippen molar-refractivity contribution in [2.75, 3.05) is 13.2 Å². The maximum atomic E-state index is 14.5. The van der Waals surface area contributed by atoms with Gasteiger partial charge in [-0.3, -0.25) is 19.6 Å². The van der Waals surface area contributed by atoms with E-state index in [2.05, 4.69) is 19.9 Å². The van der Waals surface area contributed by atoms with Gasteiger partial charge in [-0.25, -0.2) is 18.7 Å². The van der Waals surface area contributed by atoms with Crippen LogP contribution in [-0.2, 0) is 9.59 Å². The minimum atomic E-state index is -0.439. The highest BCUT2D eigenvalue weighted by atomic mass is 35.5. The van der Waals surface area contributed by atoms with Gasteiger partial charge in [-0.1, -0.05) is 11.6 Å². The Morgan fingerprint density at radius 1 is 0.712 bits per heavy atom. The Labute approximate surface area is 347 Å². The van der Waals surface area contributed by atoms with Gasteiger partial charge in [0.05, 0.1) is 46.6 Å². The molecule has 2 atom stereocenters. The molecule has 4 heterocycles. The van der Waals surface area contributed by atoms with Crippen molar-refractivity contribution in [2.24, 2.45) is 11.8 Å². The van der Waals surface area contributed by atoms with Crippen molar-refractivity contribution in [1.29, 1.82) is 0 Å². The molecule has 0 radical (unpaired) electrons. The van der Waals surface area contributed by atoms with Gasteiger partial charge >= 0.3 is 0 Å². The van der Waals surface area contributed by atoms with E-state index >= 15 is 0 Å². The van der Waals surface area contributed by atoms with Crippen molar-refractivity contribution in [3.63, 3.8) is 0 Å². The molecular weight excluding hydrogens is 778 g/mol. The largest absolute Gasteiger partial charge is 0.488 e. The molecule has 6 aromatic rings. The SMILES string of the molecule is CC(C)Oc1ccc(-c2cc3ncccc3c(Cl)n2)cc1F.CC(C)Oc1ccc(-c2cc3ncccc3c(OC[C@H]3CCC(=O)C3)n2)cc1F.O=C1CC[C@H](CO)C1. The fourth-order valence-electron chi connectivity index (χ4n) is 6.78. The van der Waals surface area contributed by atoms with Crippen LogP contribution in [0.5, 0.6) is 17.4 Å². The second kappa shape index (κ2) is 19.9. The fraction of sp³-hybridized carbons (Fsp3) is 0.348. The van der Waals surface area contributed by atoms with Crippen LogP contribution in [0.3, 0.4) is 0 Å². The van der Waals surface area contributed by atoms with Gasteiger partial charge < -0.3 is 19.3 Å². The second-order valence-electron chi connectivity index (χ2n) is 15.2. The number of carbonyl (C=O) groups excluding carboxylic acids is 2. The molecule has 0 bridgehead atoms. The van der Waals surface area contributed by atoms with E-state index in [1.54, 1.807) is 48.8 Å². The summed E-state index contributed by atoms with van der Waals surface area (Å²) in [6.45, 7) is 8.03. The molecule has 2 aliphatic carbocycles. The average Bonchev–Trinajstić information content (AvgIpc) is 3.85. The average molecular weight is 825 g/mol. The summed E-state index contributed by atoms with van der Waals surface area (Å²) in [4.78, 5) is 39.6. The maximum absolute atomic E-state index is 14.5. The van der Waals surface area contributed by atoms with E-state index in [4.69, 9.17) is 30.9 Å². The number of aliphatic hydroxyl groups excluding tert-OH is 1. The molecule has 0 amide bonds. The zero-order chi connectivity index (χ0) is 42.1. The minimum absolute atomic E-state index is 0.0854. The lowest BCUT2D eigenvalue weighted by Gasteiger charge is -2.14. The van der Waals surface area contributed by atoms with Crippen molar-refractivity contribution in [2.45, 2.75) is 78.4 Å². The molecule has 59 heavy (non-hydrogen) atoms. The molecule has 8 rings (SSSR count). The number of carbonyl (C=O) groups is 2. The van der Waals surface area contributed by atoms with Gasteiger partial charge in [0.25, 0.3) is 0 Å². The molecule has 4 aromatic heterocycles. The lowest BCUT2D eigenvalue weighted by atomic mass is 10.1. The monoisotopic (exact) mass is 824 g/mol. The van der Waals surface area contributed by atoms with Gasteiger partial charge in [0, 0.05) is 67.1 Å². The Bertz CT molecular complexity index is 2430. The molecule has 1 N–H and O–H groups in total. The van der Waals surface area contributed by atoms with E-state index in [9.17, 15) is 18.4 Å². The first-order valence-electron chi connectivity index (χ1n) is 19.7.